The molecular formula is C53H66O4Si3. The molecule has 0 unspecified atom stereocenters. The second-order valence-corrected chi connectivity index (χ2v) is 32.4. The maximum absolute atomic E-state index is 12.2. The van der Waals surface area contributed by atoms with E-state index in [-0.39, 0.29) is 41.5 Å². The van der Waals surface area contributed by atoms with Gasteiger partial charge in [-0.3, -0.25) is 0 Å². The third-order valence-corrected chi connectivity index (χ3v) is 27.3. The predicted octanol–water partition coefficient (Wildman–Crippen LogP) is 8.69. The van der Waals surface area contributed by atoms with Gasteiger partial charge in [-0.25, -0.2) is 0 Å². The van der Waals surface area contributed by atoms with Crippen molar-refractivity contribution in [2.24, 2.45) is 5.41 Å². The highest BCUT2D eigenvalue weighted by Gasteiger charge is 2.56. The average Bonchev–Trinajstić information content (AvgIpc) is 3.25. The minimum absolute atomic E-state index is 0.193. The first-order valence-electron chi connectivity index (χ1n) is 21.4. The van der Waals surface area contributed by atoms with Crippen LogP contribution < -0.4 is 31.1 Å². The summed E-state index contributed by atoms with van der Waals surface area (Å²) in [5.74, 6) is 0. The Kier molecular flexibility index (Phi) is 13.9. The molecule has 0 saturated heterocycles. The van der Waals surface area contributed by atoms with E-state index in [1.54, 1.807) is 0 Å². The van der Waals surface area contributed by atoms with Gasteiger partial charge in [-0.15, -0.1) is 0 Å². The Morgan fingerprint density at radius 3 is 0.617 bits per heavy atom. The van der Waals surface area contributed by atoms with Crippen molar-refractivity contribution in [3.05, 3.63) is 182 Å². The second kappa shape index (κ2) is 18.4. The molecule has 0 bridgehead atoms. The predicted molar refractivity (Wildman–Crippen MR) is 260 cm³/mol. The summed E-state index contributed by atoms with van der Waals surface area (Å²) in [6.07, 6.45) is 0. The zero-order chi connectivity index (χ0) is 43.1. The molecule has 6 aromatic carbocycles. The lowest BCUT2D eigenvalue weighted by atomic mass is 9.93. The lowest BCUT2D eigenvalue weighted by molar-refractivity contribution is -0.0190. The molecule has 0 amide bonds. The van der Waals surface area contributed by atoms with E-state index in [4.69, 9.17) is 13.3 Å². The summed E-state index contributed by atoms with van der Waals surface area (Å²) in [5.41, 5.74) is -0.965. The maximum atomic E-state index is 12.2. The number of hydrogen-bond acceptors (Lipinski definition) is 4. The first-order valence-corrected chi connectivity index (χ1v) is 27.1. The van der Waals surface area contributed by atoms with E-state index in [9.17, 15) is 5.11 Å². The maximum Gasteiger partial charge on any atom is 0.261 e. The molecule has 0 aromatic heterocycles. The Morgan fingerprint density at radius 1 is 0.317 bits per heavy atom. The van der Waals surface area contributed by atoms with Gasteiger partial charge < -0.3 is 18.4 Å². The quantitative estimate of drug-likeness (QED) is 0.0992. The van der Waals surface area contributed by atoms with Crippen LogP contribution in [0.5, 0.6) is 0 Å². The van der Waals surface area contributed by atoms with Crippen LogP contribution in [0.25, 0.3) is 0 Å². The molecule has 0 spiro atoms. The first-order chi connectivity index (χ1) is 28.6. The van der Waals surface area contributed by atoms with Crippen molar-refractivity contribution in [2.45, 2.75) is 77.4 Å². The highest BCUT2D eigenvalue weighted by Crippen LogP contribution is 2.42. The Hall–Kier alpha value is -4.19. The molecule has 0 heterocycles. The molecule has 1 N–H and O–H groups in total. The van der Waals surface area contributed by atoms with Crippen molar-refractivity contribution in [3.63, 3.8) is 0 Å². The van der Waals surface area contributed by atoms with Gasteiger partial charge in [0.2, 0.25) is 0 Å². The highest BCUT2D eigenvalue weighted by molar-refractivity contribution is 7.00. The summed E-state index contributed by atoms with van der Waals surface area (Å²) in [7, 11) is -9.16. The molecule has 314 valence electrons. The molecule has 6 aromatic rings. The molecule has 0 aliphatic carbocycles. The summed E-state index contributed by atoms with van der Waals surface area (Å²) in [5, 5.41) is 18.5. The van der Waals surface area contributed by atoms with Crippen LogP contribution in [-0.2, 0) is 13.3 Å². The van der Waals surface area contributed by atoms with Gasteiger partial charge in [0.1, 0.15) is 0 Å². The third kappa shape index (κ3) is 8.77. The van der Waals surface area contributed by atoms with Gasteiger partial charge in [0, 0.05) is 19.8 Å². The molecule has 0 atom stereocenters. The number of hydrogen-bond donors (Lipinski definition) is 1. The fourth-order valence-corrected chi connectivity index (χ4v) is 23.4. The van der Waals surface area contributed by atoms with Gasteiger partial charge in [-0.05, 0) is 46.2 Å². The van der Waals surface area contributed by atoms with Gasteiger partial charge in [-0.1, -0.05) is 244 Å². The van der Waals surface area contributed by atoms with E-state index in [2.05, 4.69) is 244 Å². The van der Waals surface area contributed by atoms with Crippen molar-refractivity contribution in [1.29, 1.82) is 0 Å². The minimum Gasteiger partial charge on any atom is -0.407 e. The monoisotopic (exact) mass is 850 g/mol. The normalized spacial score (nSPS) is 13.3. The number of aliphatic hydroxyl groups excluding tert-OH is 1. The fourth-order valence-electron chi connectivity index (χ4n) is 9.33. The minimum atomic E-state index is -3.05. The van der Waals surface area contributed by atoms with Crippen molar-refractivity contribution >= 4 is 56.1 Å². The fraction of sp³-hybridized carbons (Fsp3) is 0.321. The van der Waals surface area contributed by atoms with E-state index in [0.29, 0.717) is 0 Å². The van der Waals surface area contributed by atoms with E-state index >= 15 is 0 Å². The Balaban J connectivity index is 1.57. The van der Waals surface area contributed by atoms with Crippen LogP contribution in [0.15, 0.2) is 182 Å². The Labute approximate surface area is 364 Å². The number of rotatable bonds is 16. The zero-order valence-electron chi connectivity index (χ0n) is 37.3. The lowest BCUT2D eigenvalue weighted by Crippen LogP contribution is -2.70. The van der Waals surface area contributed by atoms with Gasteiger partial charge in [0.25, 0.3) is 25.0 Å². The summed E-state index contributed by atoms with van der Waals surface area (Å²) in [6, 6.07) is 64.6. The summed E-state index contributed by atoms with van der Waals surface area (Å²) < 4.78 is 23.4. The lowest BCUT2D eigenvalue weighted by Gasteiger charge is -2.49. The van der Waals surface area contributed by atoms with Gasteiger partial charge in [0.05, 0.1) is 12.0 Å². The van der Waals surface area contributed by atoms with Crippen molar-refractivity contribution < 1.29 is 18.4 Å². The third-order valence-electron chi connectivity index (χ3n) is 12.4. The molecule has 6 rings (SSSR count). The first kappa shape index (κ1) is 45.3. The SMILES string of the molecule is CC(C)(C)[Si](OCC(CO)(CO[Si](c1ccccc1)(c1ccccc1)C(C)(C)C)CO[Si](c1ccccc1)(c1ccccc1)C(C)(C)C)(c1ccccc1)c1ccccc1. The van der Waals surface area contributed by atoms with Crippen LogP contribution in [0, 0.1) is 5.41 Å². The Bertz CT molecular complexity index is 1830. The van der Waals surface area contributed by atoms with Crippen molar-refractivity contribution in [1.82, 2.24) is 0 Å². The molecular weight excluding hydrogens is 785 g/mol. The van der Waals surface area contributed by atoms with Crippen LogP contribution in [0.4, 0.5) is 0 Å². The molecule has 0 fully saturated rings. The smallest absolute Gasteiger partial charge is 0.261 e. The van der Waals surface area contributed by atoms with Crippen LogP contribution in [0.3, 0.4) is 0 Å². The molecule has 7 heteroatoms. The van der Waals surface area contributed by atoms with Gasteiger partial charge >= 0.3 is 0 Å². The number of aliphatic hydroxyl groups is 1. The molecule has 60 heavy (non-hydrogen) atoms. The summed E-state index contributed by atoms with van der Waals surface area (Å²) in [6.45, 7) is 21.2. The van der Waals surface area contributed by atoms with E-state index < -0.39 is 30.4 Å². The highest BCUT2D eigenvalue weighted by atomic mass is 28.4. The van der Waals surface area contributed by atoms with Crippen LogP contribution in [0.2, 0.25) is 15.1 Å². The number of benzene rings is 6. The van der Waals surface area contributed by atoms with Crippen molar-refractivity contribution in [3.8, 4) is 0 Å². The van der Waals surface area contributed by atoms with E-state index in [0.717, 1.165) is 0 Å². The van der Waals surface area contributed by atoms with Crippen molar-refractivity contribution in [2.75, 3.05) is 26.4 Å². The van der Waals surface area contributed by atoms with Crippen LogP contribution in [-0.4, -0.2) is 56.5 Å². The topological polar surface area (TPSA) is 47.9 Å². The molecule has 0 saturated carbocycles. The molecule has 0 aliphatic heterocycles. The van der Waals surface area contributed by atoms with Gasteiger partial charge in [0.15, 0.2) is 0 Å². The standard InChI is InChI=1S/C53H66O4Si3/c1-50(2,3)58(44-28-16-10-17-29-44,45-30-18-11-19-31-45)55-41-53(40-54,42-56-59(51(4,5)6,46-32-20-12-21-33-46)47-34-22-13-23-35-47)43-57-60(52(7,8)9,48-36-24-14-25-37-48)49-38-26-15-27-39-49/h10-39,54H,40-43H2,1-9H3. The molecule has 0 radical (unpaired) electrons. The van der Waals surface area contributed by atoms with Crippen LogP contribution >= 0.6 is 0 Å². The summed E-state index contributed by atoms with van der Waals surface area (Å²) in [4.78, 5) is 0. The van der Waals surface area contributed by atoms with Gasteiger partial charge in [-0.2, -0.15) is 0 Å². The van der Waals surface area contributed by atoms with E-state index in [1.165, 1.54) is 31.1 Å². The Morgan fingerprint density at radius 2 is 0.483 bits per heavy atom. The molecule has 4 nitrogen and oxygen atoms in total. The zero-order valence-corrected chi connectivity index (χ0v) is 40.3. The largest absolute Gasteiger partial charge is 0.407 e. The van der Waals surface area contributed by atoms with E-state index in [1.807, 2.05) is 0 Å². The average molecular weight is 851 g/mol. The summed E-state index contributed by atoms with van der Waals surface area (Å²) >= 11 is 0. The van der Waals surface area contributed by atoms with Crippen LogP contribution in [0.1, 0.15) is 62.3 Å². The second-order valence-electron chi connectivity index (χ2n) is 19.5. The molecule has 0 aliphatic rings.